The Morgan fingerprint density at radius 3 is 2.50 bits per heavy atom. The zero-order chi connectivity index (χ0) is 18.1. The first-order valence-corrected chi connectivity index (χ1v) is 10.3. The fourth-order valence-electron chi connectivity index (χ4n) is 3.78. The lowest BCUT2D eigenvalue weighted by molar-refractivity contribution is 0.249. The van der Waals surface area contributed by atoms with Gasteiger partial charge >= 0.3 is 0 Å². The molecule has 0 amide bonds. The molecule has 0 aliphatic carbocycles. The van der Waals surface area contributed by atoms with Crippen molar-refractivity contribution in [2.75, 3.05) is 32.1 Å². The van der Waals surface area contributed by atoms with Gasteiger partial charge in [0.25, 0.3) is 0 Å². The maximum atomic E-state index is 4.98. The van der Waals surface area contributed by atoms with Gasteiger partial charge < -0.3 is 9.80 Å². The second kappa shape index (κ2) is 7.33. The normalized spacial score (nSPS) is 15.9. The zero-order valence-electron chi connectivity index (χ0n) is 15.8. The Morgan fingerprint density at radius 1 is 1.12 bits per heavy atom. The minimum Gasteiger partial charge on any atom is -0.356 e. The van der Waals surface area contributed by atoms with E-state index in [1.807, 2.05) is 0 Å². The third kappa shape index (κ3) is 3.21. The van der Waals surface area contributed by atoms with Crippen molar-refractivity contribution < 1.29 is 0 Å². The third-order valence-electron chi connectivity index (χ3n) is 5.36. The highest BCUT2D eigenvalue weighted by Gasteiger charge is 2.25. The molecular formula is C21H26N4S. The predicted octanol–water partition coefficient (Wildman–Crippen LogP) is 4.45. The highest BCUT2D eigenvalue weighted by atomic mass is 32.1. The molecule has 1 aliphatic heterocycles. The third-order valence-corrected chi connectivity index (χ3v) is 6.23. The molecule has 4 rings (SSSR count). The van der Waals surface area contributed by atoms with E-state index in [4.69, 9.17) is 9.97 Å². The fourth-order valence-corrected chi connectivity index (χ4v) is 4.74. The van der Waals surface area contributed by atoms with Crippen LogP contribution in [-0.2, 0) is 6.42 Å². The Morgan fingerprint density at radius 2 is 1.85 bits per heavy atom. The molecule has 26 heavy (non-hydrogen) atoms. The summed E-state index contributed by atoms with van der Waals surface area (Å²) in [6.45, 7) is 4.25. The number of hydrogen-bond donors (Lipinski definition) is 0. The Hall–Kier alpha value is -1.98. The summed E-state index contributed by atoms with van der Waals surface area (Å²) >= 11 is 1.74. The molecule has 0 saturated carbocycles. The van der Waals surface area contributed by atoms with Crippen molar-refractivity contribution in [3.05, 3.63) is 41.5 Å². The molecule has 0 atom stereocenters. The summed E-state index contributed by atoms with van der Waals surface area (Å²) in [4.78, 5) is 15.7. The number of aromatic nitrogens is 2. The monoisotopic (exact) mass is 366 g/mol. The van der Waals surface area contributed by atoms with Gasteiger partial charge in [-0.3, -0.25) is 0 Å². The van der Waals surface area contributed by atoms with E-state index in [0.717, 1.165) is 36.0 Å². The van der Waals surface area contributed by atoms with Gasteiger partial charge in [-0.2, -0.15) is 0 Å². The van der Waals surface area contributed by atoms with Crippen LogP contribution in [-0.4, -0.2) is 48.1 Å². The van der Waals surface area contributed by atoms with Crippen molar-refractivity contribution in [3.8, 4) is 11.1 Å². The highest BCUT2D eigenvalue weighted by Crippen LogP contribution is 2.39. The molecule has 1 saturated heterocycles. The van der Waals surface area contributed by atoms with Crippen molar-refractivity contribution in [2.45, 2.75) is 32.2 Å². The molecule has 136 valence electrons. The lowest BCUT2D eigenvalue weighted by Gasteiger charge is -2.36. The number of aryl methyl sites for hydroxylation is 1. The van der Waals surface area contributed by atoms with Crippen LogP contribution in [0.5, 0.6) is 0 Å². The van der Waals surface area contributed by atoms with Crippen molar-refractivity contribution in [3.63, 3.8) is 0 Å². The van der Waals surface area contributed by atoms with Crippen LogP contribution in [0.1, 0.15) is 25.6 Å². The van der Waals surface area contributed by atoms with Crippen molar-refractivity contribution in [2.24, 2.45) is 0 Å². The Labute approximate surface area is 159 Å². The van der Waals surface area contributed by atoms with Crippen LogP contribution >= 0.6 is 11.3 Å². The number of nitrogens with zero attached hydrogens (tertiary/aromatic N) is 4. The second-order valence-corrected chi connectivity index (χ2v) is 8.05. The summed E-state index contributed by atoms with van der Waals surface area (Å²) in [5.74, 6) is 2.08. The largest absolute Gasteiger partial charge is 0.356 e. The molecule has 1 fully saturated rings. The van der Waals surface area contributed by atoms with Crippen LogP contribution in [0.3, 0.4) is 0 Å². The molecule has 2 aromatic heterocycles. The molecule has 1 aromatic carbocycles. The Bertz CT molecular complexity index is 880. The first-order chi connectivity index (χ1) is 12.7. The molecule has 0 N–H and O–H groups in total. The van der Waals surface area contributed by atoms with Crippen LogP contribution in [0.2, 0.25) is 0 Å². The van der Waals surface area contributed by atoms with Gasteiger partial charge in [0.1, 0.15) is 16.5 Å². The van der Waals surface area contributed by atoms with Gasteiger partial charge in [-0.1, -0.05) is 37.3 Å². The van der Waals surface area contributed by atoms with E-state index < -0.39 is 0 Å². The molecular weight excluding hydrogens is 340 g/mol. The standard InChI is InChI=1S/C21H26N4S/c1-4-18-22-20(25-12-10-16(11-13-25)24(2)3)19-17(14-26-21(19)23-18)15-8-6-5-7-9-15/h5-9,14,16H,4,10-13H2,1-3H3. The Kier molecular flexibility index (Phi) is 4.92. The number of fused-ring (bicyclic) bond motifs is 1. The van der Waals surface area contributed by atoms with Gasteiger partial charge in [0.15, 0.2) is 0 Å². The average molecular weight is 367 g/mol. The quantitative estimate of drug-likeness (QED) is 0.683. The van der Waals surface area contributed by atoms with Gasteiger partial charge in [-0.25, -0.2) is 9.97 Å². The van der Waals surface area contributed by atoms with Crippen molar-refractivity contribution in [1.29, 1.82) is 0 Å². The van der Waals surface area contributed by atoms with Crippen LogP contribution < -0.4 is 4.90 Å². The van der Waals surface area contributed by atoms with Crippen molar-refractivity contribution >= 4 is 27.4 Å². The summed E-state index contributed by atoms with van der Waals surface area (Å²) < 4.78 is 0. The van der Waals surface area contributed by atoms with E-state index >= 15 is 0 Å². The van der Waals surface area contributed by atoms with Gasteiger partial charge in [-0.15, -0.1) is 11.3 Å². The lowest BCUT2D eigenvalue weighted by Crippen LogP contribution is -2.42. The second-order valence-electron chi connectivity index (χ2n) is 7.19. The van der Waals surface area contributed by atoms with Gasteiger partial charge in [0, 0.05) is 36.5 Å². The maximum Gasteiger partial charge on any atom is 0.141 e. The first-order valence-electron chi connectivity index (χ1n) is 9.42. The smallest absolute Gasteiger partial charge is 0.141 e. The topological polar surface area (TPSA) is 32.3 Å². The van der Waals surface area contributed by atoms with Gasteiger partial charge in [0.05, 0.1) is 5.39 Å². The van der Waals surface area contributed by atoms with E-state index in [0.29, 0.717) is 6.04 Å². The van der Waals surface area contributed by atoms with E-state index in [1.165, 1.54) is 29.4 Å². The molecule has 0 unspecified atom stereocenters. The number of thiophene rings is 1. The van der Waals surface area contributed by atoms with Gasteiger partial charge in [0.2, 0.25) is 0 Å². The van der Waals surface area contributed by atoms with Crippen LogP contribution in [0.4, 0.5) is 5.82 Å². The summed E-state index contributed by atoms with van der Waals surface area (Å²) in [7, 11) is 4.37. The maximum absolute atomic E-state index is 4.98. The van der Waals surface area contributed by atoms with E-state index in [-0.39, 0.29) is 0 Å². The van der Waals surface area contributed by atoms with E-state index in [2.05, 4.69) is 66.5 Å². The minimum absolute atomic E-state index is 0.672. The minimum atomic E-state index is 0.672. The molecule has 0 bridgehead atoms. The average Bonchev–Trinajstić information content (AvgIpc) is 3.12. The molecule has 4 nitrogen and oxygen atoms in total. The predicted molar refractivity (Wildman–Crippen MR) is 111 cm³/mol. The number of piperidine rings is 1. The van der Waals surface area contributed by atoms with E-state index in [1.54, 1.807) is 11.3 Å². The molecule has 0 spiro atoms. The van der Waals surface area contributed by atoms with Crippen LogP contribution in [0, 0.1) is 0 Å². The summed E-state index contributed by atoms with van der Waals surface area (Å²) in [5, 5.41) is 3.46. The van der Waals surface area contributed by atoms with E-state index in [9.17, 15) is 0 Å². The number of rotatable bonds is 4. The van der Waals surface area contributed by atoms with Crippen LogP contribution in [0.25, 0.3) is 21.3 Å². The Balaban J connectivity index is 1.79. The van der Waals surface area contributed by atoms with Crippen molar-refractivity contribution in [1.82, 2.24) is 14.9 Å². The SMILES string of the molecule is CCc1nc(N2CCC(N(C)C)CC2)c2c(-c3ccccc3)csc2n1. The molecule has 3 aromatic rings. The molecule has 0 radical (unpaired) electrons. The zero-order valence-corrected chi connectivity index (χ0v) is 16.6. The highest BCUT2D eigenvalue weighted by molar-refractivity contribution is 7.17. The summed E-state index contributed by atoms with van der Waals surface area (Å²) in [6.07, 6.45) is 3.24. The molecule has 3 heterocycles. The molecule has 5 heteroatoms. The first kappa shape index (κ1) is 17.4. The van der Waals surface area contributed by atoms with Crippen LogP contribution in [0.15, 0.2) is 35.7 Å². The molecule has 1 aliphatic rings. The summed E-state index contributed by atoms with van der Waals surface area (Å²) in [6, 6.07) is 11.3. The van der Waals surface area contributed by atoms with Gasteiger partial charge in [-0.05, 0) is 32.5 Å². The number of benzene rings is 1. The lowest BCUT2D eigenvalue weighted by atomic mass is 10.0. The number of hydrogen-bond acceptors (Lipinski definition) is 5. The fraction of sp³-hybridized carbons (Fsp3) is 0.429. The number of anilines is 1. The summed E-state index contributed by atoms with van der Waals surface area (Å²) in [5.41, 5.74) is 2.51.